The first-order valence-electron chi connectivity index (χ1n) is 12.0. The van der Waals surface area contributed by atoms with E-state index in [1.54, 1.807) is 49.4 Å². The Balaban J connectivity index is 1.87. The number of aromatic nitrogens is 2. The van der Waals surface area contributed by atoms with Gasteiger partial charge in [0.15, 0.2) is 11.5 Å². The average Bonchev–Trinajstić information content (AvgIpc) is 3.45. The number of ketones is 1. The second-order valence-corrected chi connectivity index (χ2v) is 9.50. The molecule has 3 aromatic rings. The Hall–Kier alpha value is -3.92. The van der Waals surface area contributed by atoms with Crippen LogP contribution in [0.1, 0.15) is 48.9 Å². The summed E-state index contributed by atoms with van der Waals surface area (Å²) in [5.74, 6) is -0.253. The summed E-state index contributed by atoms with van der Waals surface area (Å²) in [6.07, 6.45) is 1.88. The molecule has 1 unspecified atom stereocenters. The van der Waals surface area contributed by atoms with Gasteiger partial charge in [-0.05, 0) is 62.2 Å². The van der Waals surface area contributed by atoms with E-state index in [0.717, 1.165) is 12.8 Å². The molecular formula is C27H29N3O6S. The topological polar surface area (TPSA) is 111 Å². The minimum absolute atomic E-state index is 0.0508. The Kier molecular flexibility index (Phi) is 8.08. The zero-order valence-corrected chi connectivity index (χ0v) is 22.0. The first kappa shape index (κ1) is 26.2. The zero-order chi connectivity index (χ0) is 26.5. The monoisotopic (exact) mass is 523 g/mol. The number of hydrogen-bond donors (Lipinski definition) is 1. The fraction of sp³-hybridized carbons (Fsp3) is 0.333. The number of anilines is 1. The molecule has 1 fully saturated rings. The molecule has 0 spiro atoms. The Bertz CT molecular complexity index is 1320. The van der Waals surface area contributed by atoms with Crippen LogP contribution in [-0.2, 0) is 9.59 Å². The lowest BCUT2D eigenvalue weighted by atomic mass is 9.95. The molecule has 1 saturated heterocycles. The number of aliphatic hydroxyl groups excluding tert-OH is 1. The summed E-state index contributed by atoms with van der Waals surface area (Å²) >= 11 is 1.19. The number of rotatable bonds is 10. The molecule has 1 aliphatic rings. The Morgan fingerprint density at radius 2 is 1.81 bits per heavy atom. The van der Waals surface area contributed by atoms with Gasteiger partial charge < -0.3 is 19.3 Å². The zero-order valence-electron chi connectivity index (χ0n) is 21.2. The van der Waals surface area contributed by atoms with E-state index in [1.165, 1.54) is 23.3 Å². The van der Waals surface area contributed by atoms with Gasteiger partial charge in [-0.1, -0.05) is 30.7 Å². The molecular weight excluding hydrogens is 494 g/mol. The van der Waals surface area contributed by atoms with E-state index in [9.17, 15) is 14.7 Å². The molecule has 2 heterocycles. The van der Waals surface area contributed by atoms with Crippen molar-refractivity contribution in [3.63, 3.8) is 0 Å². The highest BCUT2D eigenvalue weighted by molar-refractivity contribution is 7.15. The fourth-order valence-corrected chi connectivity index (χ4v) is 4.76. The molecule has 0 aliphatic carbocycles. The van der Waals surface area contributed by atoms with Crippen LogP contribution in [0.15, 0.2) is 48.0 Å². The highest BCUT2D eigenvalue weighted by atomic mass is 32.1. The number of hydrogen-bond acceptors (Lipinski definition) is 9. The van der Waals surface area contributed by atoms with Gasteiger partial charge in [0.25, 0.3) is 5.78 Å². The second-order valence-electron chi connectivity index (χ2n) is 8.34. The molecule has 4 rings (SSSR count). The summed E-state index contributed by atoms with van der Waals surface area (Å²) < 4.78 is 16.9. The third-order valence-electron chi connectivity index (χ3n) is 5.87. The van der Waals surface area contributed by atoms with Gasteiger partial charge >= 0.3 is 5.91 Å². The number of aryl methyl sites for hydroxylation is 1. The van der Waals surface area contributed by atoms with Gasteiger partial charge in [-0.2, -0.15) is 0 Å². The lowest BCUT2D eigenvalue weighted by Gasteiger charge is -2.23. The van der Waals surface area contributed by atoms with Crippen molar-refractivity contribution in [2.24, 2.45) is 0 Å². The number of carbonyl (C=O) groups excluding carboxylic acids is 2. The smallest absolute Gasteiger partial charge is 0.301 e. The molecule has 10 heteroatoms. The molecule has 1 atom stereocenters. The Labute approximate surface area is 219 Å². The van der Waals surface area contributed by atoms with Crippen molar-refractivity contribution in [2.45, 2.75) is 39.7 Å². The van der Waals surface area contributed by atoms with Crippen molar-refractivity contribution in [2.75, 3.05) is 25.2 Å². The molecule has 37 heavy (non-hydrogen) atoms. The third-order valence-corrected chi connectivity index (χ3v) is 6.71. The summed E-state index contributed by atoms with van der Waals surface area (Å²) in [6.45, 7) is 6.64. The van der Waals surface area contributed by atoms with Crippen molar-refractivity contribution in [1.82, 2.24) is 10.2 Å². The predicted octanol–water partition coefficient (Wildman–Crippen LogP) is 5.06. The average molecular weight is 524 g/mol. The summed E-state index contributed by atoms with van der Waals surface area (Å²) in [7, 11) is 1.54. The number of unbranched alkanes of at least 4 members (excludes halogenated alkanes) is 1. The Morgan fingerprint density at radius 3 is 2.43 bits per heavy atom. The highest BCUT2D eigenvalue weighted by Crippen LogP contribution is 2.44. The van der Waals surface area contributed by atoms with Gasteiger partial charge in [0.1, 0.15) is 16.5 Å². The normalized spacial score (nSPS) is 16.8. The molecule has 1 amide bonds. The molecule has 0 radical (unpaired) electrons. The van der Waals surface area contributed by atoms with Crippen LogP contribution >= 0.6 is 11.3 Å². The maximum atomic E-state index is 13.3. The number of carbonyl (C=O) groups is 2. The van der Waals surface area contributed by atoms with Crippen LogP contribution in [0.5, 0.6) is 17.2 Å². The quantitative estimate of drug-likeness (QED) is 0.170. The van der Waals surface area contributed by atoms with Gasteiger partial charge in [-0.25, -0.2) is 0 Å². The first-order chi connectivity index (χ1) is 17.9. The van der Waals surface area contributed by atoms with Crippen LogP contribution in [0, 0.1) is 6.92 Å². The number of Topliss-reactive ketones (excluding diaryl/α,β-unsaturated/α-hetero) is 1. The van der Waals surface area contributed by atoms with Crippen LogP contribution in [0.3, 0.4) is 0 Å². The first-order valence-corrected chi connectivity index (χ1v) is 12.9. The summed E-state index contributed by atoms with van der Waals surface area (Å²) in [5, 5.41) is 20.3. The number of methoxy groups -OCH3 is 1. The van der Waals surface area contributed by atoms with E-state index in [0.29, 0.717) is 46.6 Å². The molecule has 1 N–H and O–H groups in total. The summed E-state index contributed by atoms with van der Waals surface area (Å²) in [5.41, 5.74) is 0.889. The molecule has 2 aromatic carbocycles. The maximum absolute atomic E-state index is 13.3. The van der Waals surface area contributed by atoms with Gasteiger partial charge in [0.2, 0.25) is 5.13 Å². The van der Waals surface area contributed by atoms with Gasteiger partial charge in [0.05, 0.1) is 31.9 Å². The maximum Gasteiger partial charge on any atom is 0.301 e. The fourth-order valence-electron chi connectivity index (χ4n) is 4.04. The summed E-state index contributed by atoms with van der Waals surface area (Å²) in [4.78, 5) is 27.9. The SMILES string of the molecule is CCCCOc1ccc(C2/C(=C(\O)c3ccc(OC)cc3)C(=O)C(=O)N2c2nnc(C)s2)cc1OCC. The number of ether oxygens (including phenoxy) is 3. The van der Waals surface area contributed by atoms with Crippen molar-refractivity contribution >= 4 is 33.9 Å². The van der Waals surface area contributed by atoms with Gasteiger partial charge in [0, 0.05) is 5.56 Å². The van der Waals surface area contributed by atoms with E-state index in [1.807, 2.05) is 6.92 Å². The lowest BCUT2D eigenvalue weighted by molar-refractivity contribution is -0.132. The minimum atomic E-state index is -0.946. The number of nitrogens with zero attached hydrogens (tertiary/aromatic N) is 3. The van der Waals surface area contributed by atoms with E-state index >= 15 is 0 Å². The second kappa shape index (κ2) is 11.4. The highest BCUT2D eigenvalue weighted by Gasteiger charge is 2.48. The molecule has 0 saturated carbocycles. The van der Waals surface area contributed by atoms with Crippen molar-refractivity contribution < 1.29 is 28.9 Å². The standard InChI is InChI=1S/C27H29N3O6S/c1-5-7-14-36-20-13-10-18(15-21(20)35-6-2)23-22(24(31)17-8-11-19(34-4)12-9-17)25(32)26(33)30(23)27-29-28-16(3)37-27/h8-13,15,23,31H,5-7,14H2,1-4H3/b24-22+. The number of aliphatic hydroxyl groups is 1. The van der Waals surface area contributed by atoms with Gasteiger partial charge in [-0.3, -0.25) is 14.5 Å². The third kappa shape index (κ3) is 5.29. The van der Waals surface area contributed by atoms with Gasteiger partial charge in [-0.15, -0.1) is 10.2 Å². The van der Waals surface area contributed by atoms with E-state index in [2.05, 4.69) is 17.1 Å². The number of amides is 1. The number of benzene rings is 2. The van der Waals surface area contributed by atoms with Crippen LogP contribution in [0.2, 0.25) is 0 Å². The largest absolute Gasteiger partial charge is 0.507 e. The van der Waals surface area contributed by atoms with Crippen LogP contribution < -0.4 is 19.1 Å². The molecule has 1 aliphatic heterocycles. The van der Waals surface area contributed by atoms with Crippen molar-refractivity contribution in [3.8, 4) is 17.2 Å². The van der Waals surface area contributed by atoms with Crippen LogP contribution in [0.25, 0.3) is 5.76 Å². The van der Waals surface area contributed by atoms with E-state index < -0.39 is 17.7 Å². The predicted molar refractivity (Wildman–Crippen MR) is 140 cm³/mol. The van der Waals surface area contributed by atoms with E-state index in [4.69, 9.17) is 14.2 Å². The molecule has 0 bridgehead atoms. The van der Waals surface area contributed by atoms with Crippen molar-refractivity contribution in [1.29, 1.82) is 0 Å². The van der Waals surface area contributed by atoms with E-state index in [-0.39, 0.29) is 16.5 Å². The van der Waals surface area contributed by atoms with Crippen molar-refractivity contribution in [3.05, 3.63) is 64.2 Å². The lowest BCUT2D eigenvalue weighted by Crippen LogP contribution is -2.29. The van der Waals surface area contributed by atoms with Crippen LogP contribution in [0.4, 0.5) is 5.13 Å². The minimum Gasteiger partial charge on any atom is -0.507 e. The van der Waals surface area contributed by atoms with Crippen LogP contribution in [-0.4, -0.2) is 47.3 Å². The molecule has 194 valence electrons. The molecule has 1 aromatic heterocycles. The Morgan fingerprint density at radius 1 is 1.05 bits per heavy atom. The summed E-state index contributed by atoms with van der Waals surface area (Å²) in [6, 6.07) is 10.9. The molecule has 9 nitrogen and oxygen atoms in total.